The Morgan fingerprint density at radius 1 is 1.12 bits per heavy atom. The van der Waals surface area contributed by atoms with E-state index in [1.165, 1.54) is 11.3 Å². The lowest BCUT2D eigenvalue weighted by Gasteiger charge is -2.29. The SMILES string of the molecule is Brc1cnc(N2CCCc3ccccc32)nc1. The van der Waals surface area contributed by atoms with Crippen LogP contribution in [0.1, 0.15) is 12.0 Å². The second-order valence-corrected chi connectivity index (χ2v) is 5.00. The van der Waals surface area contributed by atoms with E-state index >= 15 is 0 Å². The third kappa shape index (κ3) is 2.05. The van der Waals surface area contributed by atoms with Gasteiger partial charge in [-0.1, -0.05) is 18.2 Å². The van der Waals surface area contributed by atoms with Crippen molar-refractivity contribution >= 4 is 27.6 Å². The lowest BCUT2D eigenvalue weighted by Crippen LogP contribution is -2.26. The minimum absolute atomic E-state index is 0.778. The second-order valence-electron chi connectivity index (χ2n) is 4.09. The first-order valence-electron chi connectivity index (χ1n) is 5.67. The van der Waals surface area contributed by atoms with Gasteiger partial charge in [-0.25, -0.2) is 9.97 Å². The molecule has 0 saturated heterocycles. The summed E-state index contributed by atoms with van der Waals surface area (Å²) in [4.78, 5) is 10.9. The summed E-state index contributed by atoms with van der Waals surface area (Å²) in [7, 11) is 0. The van der Waals surface area contributed by atoms with Crippen molar-refractivity contribution in [2.75, 3.05) is 11.4 Å². The highest BCUT2D eigenvalue weighted by Crippen LogP contribution is 2.31. The Kier molecular flexibility index (Phi) is 2.81. The van der Waals surface area contributed by atoms with Crippen molar-refractivity contribution in [3.63, 3.8) is 0 Å². The van der Waals surface area contributed by atoms with E-state index in [2.05, 4.69) is 55.1 Å². The number of rotatable bonds is 1. The van der Waals surface area contributed by atoms with Crippen LogP contribution >= 0.6 is 15.9 Å². The Labute approximate surface area is 109 Å². The number of halogens is 1. The molecule has 1 aliphatic rings. The largest absolute Gasteiger partial charge is 0.310 e. The molecule has 17 heavy (non-hydrogen) atoms. The first-order chi connectivity index (χ1) is 8.34. The molecule has 0 saturated carbocycles. The predicted octanol–water partition coefficient (Wildman–Crippen LogP) is 3.32. The Hall–Kier alpha value is -1.42. The first-order valence-corrected chi connectivity index (χ1v) is 6.47. The molecule has 2 aromatic rings. The number of benzene rings is 1. The van der Waals surface area contributed by atoms with Crippen molar-refractivity contribution in [2.45, 2.75) is 12.8 Å². The third-order valence-electron chi connectivity index (χ3n) is 2.96. The van der Waals surface area contributed by atoms with Crippen molar-refractivity contribution in [2.24, 2.45) is 0 Å². The number of aryl methyl sites for hydroxylation is 1. The molecule has 0 radical (unpaired) electrons. The molecule has 1 aromatic heterocycles. The van der Waals surface area contributed by atoms with Crippen LogP contribution in [0.5, 0.6) is 0 Å². The quantitative estimate of drug-likeness (QED) is 0.806. The molecule has 0 amide bonds. The van der Waals surface area contributed by atoms with Gasteiger partial charge in [-0.15, -0.1) is 0 Å². The highest BCUT2D eigenvalue weighted by atomic mass is 79.9. The molecule has 3 rings (SSSR count). The van der Waals surface area contributed by atoms with Gasteiger partial charge in [-0.05, 0) is 40.4 Å². The average molecular weight is 290 g/mol. The van der Waals surface area contributed by atoms with Crippen molar-refractivity contribution in [1.82, 2.24) is 9.97 Å². The zero-order chi connectivity index (χ0) is 11.7. The summed E-state index contributed by atoms with van der Waals surface area (Å²) in [5, 5.41) is 0. The number of fused-ring (bicyclic) bond motifs is 1. The van der Waals surface area contributed by atoms with Crippen molar-refractivity contribution in [3.05, 3.63) is 46.7 Å². The Morgan fingerprint density at radius 2 is 1.88 bits per heavy atom. The van der Waals surface area contributed by atoms with Gasteiger partial charge in [0.05, 0.1) is 4.47 Å². The molecule has 2 heterocycles. The Morgan fingerprint density at radius 3 is 2.71 bits per heavy atom. The number of hydrogen-bond donors (Lipinski definition) is 0. The van der Waals surface area contributed by atoms with Gasteiger partial charge in [0, 0.05) is 24.6 Å². The van der Waals surface area contributed by atoms with Gasteiger partial charge < -0.3 is 4.90 Å². The lowest BCUT2D eigenvalue weighted by atomic mass is 10.0. The van der Waals surface area contributed by atoms with Crippen LogP contribution < -0.4 is 4.90 Å². The molecule has 3 nitrogen and oxygen atoms in total. The van der Waals surface area contributed by atoms with Crippen LogP contribution in [0.3, 0.4) is 0 Å². The normalized spacial score (nSPS) is 14.5. The first kappa shape index (κ1) is 10.7. The zero-order valence-electron chi connectivity index (χ0n) is 9.31. The summed E-state index contributed by atoms with van der Waals surface area (Å²) in [5.74, 6) is 0.778. The molecule has 0 unspecified atom stereocenters. The summed E-state index contributed by atoms with van der Waals surface area (Å²) < 4.78 is 0.909. The van der Waals surface area contributed by atoms with E-state index in [0.717, 1.165) is 29.8 Å². The molecule has 0 fully saturated rings. The lowest BCUT2D eigenvalue weighted by molar-refractivity contribution is 0.750. The number of nitrogens with zero attached hydrogens (tertiary/aromatic N) is 3. The molecular formula is C13H12BrN3. The molecule has 1 aliphatic heterocycles. The average Bonchev–Trinajstić information content (AvgIpc) is 2.39. The van der Waals surface area contributed by atoms with Crippen LogP contribution in [0.4, 0.5) is 11.6 Å². The minimum atomic E-state index is 0.778. The molecule has 1 aromatic carbocycles. The molecule has 0 N–H and O–H groups in total. The van der Waals surface area contributed by atoms with E-state index in [1.807, 2.05) is 0 Å². The molecule has 0 spiro atoms. The van der Waals surface area contributed by atoms with E-state index in [4.69, 9.17) is 0 Å². The summed E-state index contributed by atoms with van der Waals surface area (Å²) in [5.41, 5.74) is 2.62. The van der Waals surface area contributed by atoms with Gasteiger partial charge in [0.2, 0.25) is 5.95 Å². The van der Waals surface area contributed by atoms with Gasteiger partial charge >= 0.3 is 0 Å². The van der Waals surface area contributed by atoms with Crippen molar-refractivity contribution in [3.8, 4) is 0 Å². The number of hydrogen-bond acceptors (Lipinski definition) is 3. The highest BCUT2D eigenvalue weighted by molar-refractivity contribution is 9.10. The third-order valence-corrected chi connectivity index (χ3v) is 3.37. The molecule has 0 aliphatic carbocycles. The number of para-hydroxylation sites is 1. The van der Waals surface area contributed by atoms with Gasteiger partial charge in [-0.2, -0.15) is 0 Å². The molecular weight excluding hydrogens is 278 g/mol. The van der Waals surface area contributed by atoms with Crippen molar-refractivity contribution < 1.29 is 0 Å². The van der Waals surface area contributed by atoms with Gasteiger partial charge in [0.15, 0.2) is 0 Å². The smallest absolute Gasteiger partial charge is 0.229 e. The maximum Gasteiger partial charge on any atom is 0.229 e. The maximum absolute atomic E-state index is 4.37. The monoisotopic (exact) mass is 289 g/mol. The van der Waals surface area contributed by atoms with Crippen LogP contribution in [-0.4, -0.2) is 16.5 Å². The van der Waals surface area contributed by atoms with Crippen LogP contribution in [0.2, 0.25) is 0 Å². The van der Waals surface area contributed by atoms with Gasteiger partial charge in [0.1, 0.15) is 0 Å². The fourth-order valence-corrected chi connectivity index (χ4v) is 2.39. The molecule has 4 heteroatoms. The van der Waals surface area contributed by atoms with E-state index < -0.39 is 0 Å². The van der Waals surface area contributed by atoms with E-state index in [1.54, 1.807) is 12.4 Å². The van der Waals surface area contributed by atoms with E-state index in [-0.39, 0.29) is 0 Å². The van der Waals surface area contributed by atoms with Crippen LogP contribution in [0.15, 0.2) is 41.1 Å². The fourth-order valence-electron chi connectivity index (χ4n) is 2.19. The van der Waals surface area contributed by atoms with Crippen LogP contribution in [0, 0.1) is 0 Å². The number of aromatic nitrogens is 2. The highest BCUT2D eigenvalue weighted by Gasteiger charge is 2.19. The van der Waals surface area contributed by atoms with Gasteiger partial charge in [-0.3, -0.25) is 0 Å². The summed E-state index contributed by atoms with van der Waals surface area (Å²) in [6, 6.07) is 8.47. The van der Waals surface area contributed by atoms with Crippen LogP contribution in [-0.2, 0) is 6.42 Å². The van der Waals surface area contributed by atoms with Crippen LogP contribution in [0.25, 0.3) is 0 Å². The summed E-state index contributed by atoms with van der Waals surface area (Å²) in [6.07, 6.45) is 5.87. The topological polar surface area (TPSA) is 29.0 Å². The second kappa shape index (κ2) is 4.45. The minimum Gasteiger partial charge on any atom is -0.310 e. The van der Waals surface area contributed by atoms with E-state index in [9.17, 15) is 0 Å². The molecule has 86 valence electrons. The Bertz CT molecular complexity index is 524. The molecule has 0 atom stereocenters. The maximum atomic E-state index is 4.37. The zero-order valence-corrected chi connectivity index (χ0v) is 10.9. The number of anilines is 2. The molecule has 0 bridgehead atoms. The summed E-state index contributed by atoms with van der Waals surface area (Å²) >= 11 is 3.36. The fraction of sp³-hybridized carbons (Fsp3) is 0.231. The van der Waals surface area contributed by atoms with E-state index in [0.29, 0.717) is 0 Å². The Balaban J connectivity index is 2.03. The summed E-state index contributed by atoms with van der Waals surface area (Å²) in [6.45, 7) is 0.985. The predicted molar refractivity (Wildman–Crippen MR) is 71.5 cm³/mol. The van der Waals surface area contributed by atoms with Gasteiger partial charge in [0.25, 0.3) is 0 Å². The van der Waals surface area contributed by atoms with Crippen molar-refractivity contribution in [1.29, 1.82) is 0 Å². The standard InChI is InChI=1S/C13H12BrN3/c14-11-8-15-13(16-9-11)17-7-3-5-10-4-1-2-6-12(10)17/h1-2,4,6,8-9H,3,5,7H2.